The molecule has 0 bridgehead atoms. The second-order valence-electron chi connectivity index (χ2n) is 6.36. The topological polar surface area (TPSA) is 44.5 Å². The van der Waals surface area contributed by atoms with E-state index in [-0.39, 0.29) is 5.75 Å². The zero-order chi connectivity index (χ0) is 18.4. The van der Waals surface area contributed by atoms with E-state index < -0.39 is 5.76 Å². The molecule has 0 spiro atoms. The lowest BCUT2D eigenvalue weighted by Gasteiger charge is -2.33. The Balaban J connectivity index is 1.47. The number of furan rings is 1. The molecule has 3 heterocycles. The summed E-state index contributed by atoms with van der Waals surface area (Å²) in [4.78, 5) is 9.12. The number of likely N-dealkylation sites (N-methyl/N-ethyl adjacent to an activating group) is 1. The van der Waals surface area contributed by atoms with Crippen molar-refractivity contribution in [2.45, 2.75) is 24.6 Å². The number of aromatic nitrogens is 1. The minimum absolute atomic E-state index is 0.191. The van der Waals surface area contributed by atoms with Gasteiger partial charge in [0, 0.05) is 38.9 Å². The van der Waals surface area contributed by atoms with Gasteiger partial charge >= 0.3 is 0 Å². The van der Waals surface area contributed by atoms with Crippen molar-refractivity contribution in [1.29, 1.82) is 0 Å². The summed E-state index contributed by atoms with van der Waals surface area (Å²) >= 11 is 0.572. The van der Waals surface area contributed by atoms with E-state index in [9.17, 15) is 8.78 Å². The largest absolute Gasteiger partial charge is 0.464 e. The standard InChI is InChI=1S/C18H24F2N4OS/c1-23-6-8-24(9-7-23)17-10-14(4-5-22-17)11-21-12-15-2-3-16(25-15)13-26-18(19)20/h2-5,10,18,21H,6-9,11-13H2,1H3. The summed E-state index contributed by atoms with van der Waals surface area (Å²) < 4.78 is 30.0. The Morgan fingerprint density at radius 1 is 1.15 bits per heavy atom. The van der Waals surface area contributed by atoms with Crippen LogP contribution in [0.2, 0.25) is 0 Å². The molecule has 0 saturated carbocycles. The molecule has 2 aromatic rings. The van der Waals surface area contributed by atoms with Crippen LogP contribution in [0.3, 0.4) is 0 Å². The van der Waals surface area contributed by atoms with Crippen molar-refractivity contribution < 1.29 is 13.2 Å². The molecular weight excluding hydrogens is 358 g/mol. The Hall–Kier alpha value is -1.64. The molecule has 0 unspecified atom stereocenters. The SMILES string of the molecule is CN1CCN(c2cc(CNCc3ccc(CSC(F)F)o3)ccn2)CC1. The van der Waals surface area contributed by atoms with E-state index >= 15 is 0 Å². The minimum atomic E-state index is -2.37. The van der Waals surface area contributed by atoms with Gasteiger partial charge in [0.25, 0.3) is 5.76 Å². The molecule has 1 fully saturated rings. The van der Waals surface area contributed by atoms with E-state index in [4.69, 9.17) is 4.42 Å². The van der Waals surface area contributed by atoms with Crippen LogP contribution in [0.25, 0.3) is 0 Å². The van der Waals surface area contributed by atoms with Gasteiger partial charge in [-0.1, -0.05) is 11.8 Å². The molecule has 5 nitrogen and oxygen atoms in total. The number of nitrogens with one attached hydrogen (secondary N) is 1. The monoisotopic (exact) mass is 382 g/mol. The first-order chi connectivity index (χ1) is 12.6. The molecule has 0 amide bonds. The van der Waals surface area contributed by atoms with Gasteiger partial charge in [0.1, 0.15) is 17.3 Å². The van der Waals surface area contributed by atoms with Crippen molar-refractivity contribution in [3.63, 3.8) is 0 Å². The fraction of sp³-hybridized carbons (Fsp3) is 0.500. The van der Waals surface area contributed by atoms with Gasteiger partial charge in [-0.05, 0) is 36.9 Å². The molecule has 0 aliphatic carbocycles. The summed E-state index contributed by atoms with van der Waals surface area (Å²) in [5.41, 5.74) is 1.16. The first-order valence-electron chi connectivity index (χ1n) is 8.66. The van der Waals surface area contributed by atoms with Crippen LogP contribution in [0.1, 0.15) is 17.1 Å². The maximum absolute atomic E-state index is 12.2. The van der Waals surface area contributed by atoms with E-state index in [2.05, 4.69) is 33.2 Å². The van der Waals surface area contributed by atoms with Gasteiger partial charge in [-0.25, -0.2) is 4.98 Å². The number of halogens is 2. The van der Waals surface area contributed by atoms with E-state index in [0.717, 1.165) is 43.3 Å². The van der Waals surface area contributed by atoms with Crippen molar-refractivity contribution >= 4 is 17.6 Å². The fourth-order valence-electron chi connectivity index (χ4n) is 2.85. The average Bonchev–Trinajstić information content (AvgIpc) is 3.09. The average molecular weight is 382 g/mol. The molecule has 1 aliphatic rings. The summed E-state index contributed by atoms with van der Waals surface area (Å²) in [6, 6.07) is 7.70. The highest BCUT2D eigenvalue weighted by Gasteiger charge is 2.15. The first-order valence-corrected chi connectivity index (χ1v) is 9.71. The summed E-state index contributed by atoms with van der Waals surface area (Å²) in [5, 5.41) is 3.33. The molecular formula is C18H24F2N4OS. The second-order valence-corrected chi connectivity index (χ2v) is 7.33. The molecule has 0 aromatic carbocycles. The lowest BCUT2D eigenvalue weighted by molar-refractivity contribution is 0.251. The van der Waals surface area contributed by atoms with Gasteiger partial charge in [-0.2, -0.15) is 8.78 Å². The van der Waals surface area contributed by atoms with Gasteiger partial charge in [0.2, 0.25) is 0 Å². The van der Waals surface area contributed by atoms with E-state index in [0.29, 0.717) is 30.6 Å². The molecule has 0 atom stereocenters. The van der Waals surface area contributed by atoms with Crippen molar-refractivity contribution in [3.8, 4) is 0 Å². The third-order valence-corrected chi connectivity index (χ3v) is 5.04. The van der Waals surface area contributed by atoms with E-state index in [1.165, 1.54) is 0 Å². The Morgan fingerprint density at radius 2 is 1.92 bits per heavy atom. The highest BCUT2D eigenvalue weighted by atomic mass is 32.2. The van der Waals surface area contributed by atoms with Gasteiger partial charge < -0.3 is 19.5 Å². The maximum Gasteiger partial charge on any atom is 0.284 e. The van der Waals surface area contributed by atoms with Crippen LogP contribution < -0.4 is 10.2 Å². The van der Waals surface area contributed by atoms with Gasteiger partial charge in [0.15, 0.2) is 0 Å². The number of alkyl halides is 2. The van der Waals surface area contributed by atoms with Crippen LogP contribution in [-0.4, -0.2) is 48.9 Å². The zero-order valence-electron chi connectivity index (χ0n) is 14.8. The summed E-state index contributed by atoms with van der Waals surface area (Å²) in [5.74, 6) is 0.164. The van der Waals surface area contributed by atoms with Gasteiger partial charge in [-0.15, -0.1) is 0 Å². The Bertz CT molecular complexity index is 689. The number of thioether (sulfide) groups is 1. The van der Waals surface area contributed by atoms with E-state index in [1.807, 2.05) is 18.3 Å². The molecule has 1 N–H and O–H groups in total. The van der Waals surface area contributed by atoms with Crippen LogP contribution in [0, 0.1) is 0 Å². The third kappa shape index (κ3) is 5.69. The Kier molecular flexibility index (Phi) is 6.87. The van der Waals surface area contributed by atoms with Crippen LogP contribution in [0.5, 0.6) is 0 Å². The molecule has 1 saturated heterocycles. The summed E-state index contributed by atoms with van der Waals surface area (Å²) in [6.07, 6.45) is 1.84. The number of nitrogens with zero attached hydrogens (tertiary/aromatic N) is 3. The molecule has 2 aromatic heterocycles. The molecule has 1 aliphatic heterocycles. The molecule has 3 rings (SSSR count). The van der Waals surface area contributed by atoms with Crippen molar-refractivity contribution in [2.24, 2.45) is 0 Å². The third-order valence-electron chi connectivity index (χ3n) is 4.33. The number of anilines is 1. The predicted molar refractivity (Wildman–Crippen MR) is 100 cm³/mol. The van der Waals surface area contributed by atoms with Crippen LogP contribution in [0.4, 0.5) is 14.6 Å². The van der Waals surface area contributed by atoms with Crippen molar-refractivity contribution in [3.05, 3.63) is 47.5 Å². The van der Waals surface area contributed by atoms with Crippen LogP contribution in [0.15, 0.2) is 34.9 Å². The first kappa shape index (κ1) is 19.1. The number of hydrogen-bond donors (Lipinski definition) is 1. The number of hydrogen-bond acceptors (Lipinski definition) is 6. The highest BCUT2D eigenvalue weighted by molar-refractivity contribution is 7.98. The molecule has 8 heteroatoms. The lowest BCUT2D eigenvalue weighted by atomic mass is 10.2. The summed E-state index contributed by atoms with van der Waals surface area (Å²) in [6.45, 7) is 5.35. The molecule has 26 heavy (non-hydrogen) atoms. The number of rotatable bonds is 8. The quantitative estimate of drug-likeness (QED) is 0.757. The predicted octanol–water partition coefficient (Wildman–Crippen LogP) is 3.17. The smallest absolute Gasteiger partial charge is 0.284 e. The number of piperazine rings is 1. The molecule has 142 valence electrons. The number of pyridine rings is 1. The minimum Gasteiger partial charge on any atom is -0.464 e. The fourth-order valence-corrected chi connectivity index (χ4v) is 3.29. The summed E-state index contributed by atoms with van der Waals surface area (Å²) in [7, 11) is 2.14. The van der Waals surface area contributed by atoms with Crippen molar-refractivity contribution in [2.75, 3.05) is 38.1 Å². The highest BCUT2D eigenvalue weighted by Crippen LogP contribution is 2.21. The Morgan fingerprint density at radius 3 is 2.69 bits per heavy atom. The molecule has 0 radical (unpaired) electrons. The maximum atomic E-state index is 12.2. The zero-order valence-corrected chi connectivity index (χ0v) is 15.6. The Labute approximate surface area is 156 Å². The van der Waals surface area contributed by atoms with E-state index in [1.54, 1.807) is 6.07 Å². The van der Waals surface area contributed by atoms with Gasteiger partial charge in [-0.3, -0.25) is 0 Å². The normalized spacial score (nSPS) is 15.8. The second kappa shape index (κ2) is 9.34. The van der Waals surface area contributed by atoms with Crippen LogP contribution >= 0.6 is 11.8 Å². The van der Waals surface area contributed by atoms with Crippen molar-refractivity contribution in [1.82, 2.24) is 15.2 Å². The van der Waals surface area contributed by atoms with Crippen LogP contribution in [-0.2, 0) is 18.8 Å². The lowest BCUT2D eigenvalue weighted by Crippen LogP contribution is -2.44. The van der Waals surface area contributed by atoms with Gasteiger partial charge in [0.05, 0.1) is 12.3 Å².